The minimum Gasteiger partial charge on any atom is -0.280 e. The molecule has 0 bridgehead atoms. The van der Waals surface area contributed by atoms with Crippen LogP contribution in [-0.4, -0.2) is 20.2 Å². The van der Waals surface area contributed by atoms with Crippen molar-refractivity contribution in [1.29, 1.82) is 0 Å². The summed E-state index contributed by atoms with van der Waals surface area (Å²) in [5, 5.41) is 0.0603. The zero-order valence-corrected chi connectivity index (χ0v) is 17.3. The molecule has 0 heterocycles. The zero-order valence-electron chi connectivity index (χ0n) is 15.7. The van der Waals surface area contributed by atoms with Crippen LogP contribution >= 0.6 is 11.6 Å². The van der Waals surface area contributed by atoms with Crippen LogP contribution in [0.15, 0.2) is 47.4 Å². The van der Waals surface area contributed by atoms with Gasteiger partial charge in [0.15, 0.2) is 0 Å². The van der Waals surface area contributed by atoms with Crippen LogP contribution < -0.4 is 15.6 Å². The van der Waals surface area contributed by atoms with Crippen molar-refractivity contribution in [3.05, 3.63) is 58.6 Å². The number of carbonyl (C=O) groups excluding carboxylic acids is 2. The highest BCUT2D eigenvalue weighted by atomic mass is 35.5. The van der Waals surface area contributed by atoms with Gasteiger partial charge in [0.05, 0.1) is 15.5 Å². The van der Waals surface area contributed by atoms with Crippen molar-refractivity contribution in [2.45, 2.75) is 32.1 Å². The molecule has 0 saturated heterocycles. The van der Waals surface area contributed by atoms with Crippen molar-refractivity contribution in [3.8, 4) is 0 Å². The van der Waals surface area contributed by atoms with Crippen molar-refractivity contribution >= 4 is 39.1 Å². The fraction of sp³-hybridized carbons (Fsp3) is 0.263. The number of hydrazine groups is 1. The van der Waals surface area contributed by atoms with E-state index in [4.69, 9.17) is 11.6 Å². The first-order valence-corrected chi connectivity index (χ1v) is 10.4. The average Bonchev–Trinajstić information content (AvgIpc) is 2.59. The van der Waals surface area contributed by atoms with E-state index < -0.39 is 15.9 Å². The number of nitrogens with one attached hydrogen (secondary N) is 3. The van der Waals surface area contributed by atoms with Gasteiger partial charge in [-0.05, 0) is 48.7 Å². The fourth-order valence-corrected chi connectivity index (χ4v) is 3.66. The molecule has 0 aromatic heterocycles. The summed E-state index contributed by atoms with van der Waals surface area (Å²) in [7, 11) is -3.93. The van der Waals surface area contributed by atoms with Crippen molar-refractivity contribution in [2.24, 2.45) is 5.92 Å². The van der Waals surface area contributed by atoms with E-state index in [0.717, 1.165) is 11.6 Å². The molecule has 2 aromatic carbocycles. The lowest BCUT2D eigenvalue weighted by Crippen LogP contribution is -2.42. The third kappa shape index (κ3) is 5.97. The maximum Gasteiger partial charge on any atom is 0.271 e. The lowest BCUT2D eigenvalue weighted by molar-refractivity contribution is -0.122. The molecular formula is C19H22ClN3O4S. The van der Waals surface area contributed by atoms with Crippen molar-refractivity contribution < 1.29 is 18.0 Å². The summed E-state index contributed by atoms with van der Waals surface area (Å²) >= 11 is 6.03. The molecule has 2 aromatic rings. The SMILES string of the molecule is Cc1cccc(NS(=O)(=O)c2ccc(Cl)c(C(=O)NNC(=O)CC(C)C)c2)c1. The number of amides is 2. The number of aryl methyl sites for hydroxylation is 1. The predicted molar refractivity (Wildman–Crippen MR) is 109 cm³/mol. The number of hydrogen-bond acceptors (Lipinski definition) is 4. The van der Waals surface area contributed by atoms with E-state index in [-0.39, 0.29) is 33.7 Å². The number of carbonyl (C=O) groups is 2. The van der Waals surface area contributed by atoms with Crippen LogP contribution in [0.25, 0.3) is 0 Å². The van der Waals surface area contributed by atoms with E-state index in [0.29, 0.717) is 5.69 Å². The molecule has 2 rings (SSSR count). The quantitative estimate of drug-likeness (QED) is 0.620. The van der Waals surface area contributed by atoms with E-state index in [1.165, 1.54) is 12.1 Å². The molecule has 0 aliphatic heterocycles. The first-order chi connectivity index (χ1) is 13.1. The minimum atomic E-state index is -3.93. The largest absolute Gasteiger partial charge is 0.280 e. The van der Waals surface area contributed by atoms with Crippen LogP contribution in [0.1, 0.15) is 36.2 Å². The van der Waals surface area contributed by atoms with Gasteiger partial charge in [-0.25, -0.2) is 8.42 Å². The molecule has 7 nitrogen and oxygen atoms in total. The first kappa shape index (κ1) is 21.7. The average molecular weight is 424 g/mol. The smallest absolute Gasteiger partial charge is 0.271 e. The number of benzene rings is 2. The lowest BCUT2D eigenvalue weighted by Gasteiger charge is -2.12. The molecule has 0 fully saturated rings. The predicted octanol–water partition coefficient (Wildman–Crippen LogP) is 3.26. The summed E-state index contributed by atoms with van der Waals surface area (Å²) in [6.07, 6.45) is 0.239. The third-order valence-corrected chi connectivity index (χ3v) is 5.38. The number of sulfonamides is 1. The van der Waals surface area contributed by atoms with E-state index in [1.807, 2.05) is 26.8 Å². The van der Waals surface area contributed by atoms with Crippen LogP contribution in [0.5, 0.6) is 0 Å². The molecule has 0 saturated carbocycles. The second kappa shape index (κ2) is 9.07. The Balaban J connectivity index is 2.19. The molecule has 0 radical (unpaired) electrons. The summed E-state index contributed by atoms with van der Waals surface area (Å²) in [6, 6.07) is 10.7. The van der Waals surface area contributed by atoms with Gasteiger partial charge in [-0.1, -0.05) is 37.6 Å². The van der Waals surface area contributed by atoms with Crippen molar-refractivity contribution in [1.82, 2.24) is 10.9 Å². The Morgan fingerprint density at radius 1 is 1.07 bits per heavy atom. The molecule has 9 heteroatoms. The molecule has 28 heavy (non-hydrogen) atoms. The van der Waals surface area contributed by atoms with Crippen LogP contribution in [0.2, 0.25) is 5.02 Å². The first-order valence-electron chi connectivity index (χ1n) is 8.56. The summed E-state index contributed by atoms with van der Waals surface area (Å²) in [6.45, 7) is 5.58. The molecule has 0 unspecified atom stereocenters. The van der Waals surface area contributed by atoms with Crippen LogP contribution in [0, 0.1) is 12.8 Å². The van der Waals surface area contributed by atoms with E-state index in [2.05, 4.69) is 15.6 Å². The Hall–Kier alpha value is -2.58. The number of anilines is 1. The molecule has 2 amide bonds. The van der Waals surface area contributed by atoms with Gasteiger partial charge in [0, 0.05) is 12.1 Å². The number of halogens is 1. The zero-order chi connectivity index (χ0) is 20.9. The second-order valence-electron chi connectivity index (χ2n) is 6.72. The molecule has 0 atom stereocenters. The molecular weight excluding hydrogens is 402 g/mol. The topological polar surface area (TPSA) is 104 Å². The Morgan fingerprint density at radius 2 is 1.79 bits per heavy atom. The molecule has 0 aliphatic carbocycles. The van der Waals surface area contributed by atoms with E-state index in [1.54, 1.807) is 18.2 Å². The van der Waals surface area contributed by atoms with Gasteiger partial charge in [-0.3, -0.25) is 25.2 Å². The monoisotopic (exact) mass is 423 g/mol. The van der Waals surface area contributed by atoms with E-state index in [9.17, 15) is 18.0 Å². The summed E-state index contributed by atoms with van der Waals surface area (Å²) < 4.78 is 27.7. The molecule has 0 spiro atoms. The number of hydrogen-bond donors (Lipinski definition) is 3. The summed E-state index contributed by atoms with van der Waals surface area (Å²) in [5.41, 5.74) is 5.75. The standard InChI is InChI=1S/C19H22ClN3O4S/c1-12(2)9-18(24)21-22-19(25)16-11-15(7-8-17(16)20)28(26,27)23-14-6-4-5-13(3)10-14/h4-8,10-12,23H,9H2,1-3H3,(H,21,24)(H,22,25). The summed E-state index contributed by atoms with van der Waals surface area (Å²) in [4.78, 5) is 23.9. The van der Waals surface area contributed by atoms with Crippen molar-refractivity contribution in [2.75, 3.05) is 4.72 Å². The maximum atomic E-state index is 12.6. The highest BCUT2D eigenvalue weighted by Gasteiger charge is 2.19. The molecule has 150 valence electrons. The van der Waals surface area contributed by atoms with Crippen LogP contribution in [-0.2, 0) is 14.8 Å². The van der Waals surface area contributed by atoms with Gasteiger partial charge < -0.3 is 0 Å². The summed E-state index contributed by atoms with van der Waals surface area (Å²) in [5.74, 6) is -0.944. The maximum absolute atomic E-state index is 12.6. The third-order valence-electron chi connectivity index (χ3n) is 3.67. The minimum absolute atomic E-state index is 0.0603. The molecule has 0 aliphatic rings. The fourth-order valence-electron chi connectivity index (χ4n) is 2.38. The van der Waals surface area contributed by atoms with Crippen LogP contribution in [0.4, 0.5) is 5.69 Å². The molecule has 3 N–H and O–H groups in total. The van der Waals surface area contributed by atoms with Gasteiger partial charge >= 0.3 is 0 Å². The Labute approximate surface area is 169 Å². The van der Waals surface area contributed by atoms with Gasteiger partial charge in [0.25, 0.3) is 15.9 Å². The normalized spacial score (nSPS) is 11.2. The van der Waals surface area contributed by atoms with Gasteiger partial charge in [0.1, 0.15) is 0 Å². The Morgan fingerprint density at radius 3 is 2.43 bits per heavy atom. The Bertz CT molecular complexity index is 990. The van der Waals surface area contributed by atoms with Crippen LogP contribution in [0.3, 0.4) is 0 Å². The number of rotatable bonds is 6. The van der Waals surface area contributed by atoms with Gasteiger partial charge in [0.2, 0.25) is 5.91 Å². The lowest BCUT2D eigenvalue weighted by atomic mass is 10.1. The van der Waals surface area contributed by atoms with Crippen molar-refractivity contribution in [3.63, 3.8) is 0 Å². The Kier molecular flexibility index (Phi) is 7.04. The van der Waals surface area contributed by atoms with E-state index >= 15 is 0 Å². The second-order valence-corrected chi connectivity index (χ2v) is 8.81. The highest BCUT2D eigenvalue weighted by molar-refractivity contribution is 7.92. The van der Waals surface area contributed by atoms with Gasteiger partial charge in [-0.15, -0.1) is 0 Å². The van der Waals surface area contributed by atoms with Gasteiger partial charge in [-0.2, -0.15) is 0 Å². The highest BCUT2D eigenvalue weighted by Crippen LogP contribution is 2.23.